The number of aldehydes is 2. The lowest BCUT2D eigenvalue weighted by molar-refractivity contribution is -0.108. The molecule has 0 fully saturated rings. The van der Waals surface area contributed by atoms with Crippen molar-refractivity contribution < 1.29 is 28.9 Å². The summed E-state index contributed by atoms with van der Waals surface area (Å²) in [6, 6.07) is 7.55. The molecule has 6 heteroatoms. The van der Waals surface area contributed by atoms with Gasteiger partial charge in [0.05, 0.1) is 21.3 Å². The first-order valence-corrected chi connectivity index (χ1v) is 9.12. The molecular weight excluding hydrogens is 360 g/mol. The number of hydrogen-bond acceptors (Lipinski definition) is 6. The number of phenolic OH excluding ortho intramolecular Hbond substituents is 1. The zero-order valence-electron chi connectivity index (χ0n) is 16.5. The molecule has 2 aromatic rings. The lowest BCUT2D eigenvalue weighted by Crippen LogP contribution is -2.00. The average Bonchev–Trinajstić information content (AvgIpc) is 2.72. The zero-order valence-corrected chi connectivity index (χ0v) is 16.5. The number of benzene rings is 2. The molecule has 0 saturated carbocycles. The van der Waals surface area contributed by atoms with Gasteiger partial charge in [0, 0.05) is 24.0 Å². The third-order valence-corrected chi connectivity index (χ3v) is 4.57. The second kappa shape index (κ2) is 10.3. The van der Waals surface area contributed by atoms with Crippen molar-refractivity contribution in [1.29, 1.82) is 0 Å². The number of rotatable bonds is 11. The van der Waals surface area contributed by atoms with Crippen LogP contribution in [0.25, 0.3) is 11.1 Å². The largest absolute Gasteiger partial charge is 0.504 e. The number of ether oxygens (including phenoxy) is 3. The summed E-state index contributed by atoms with van der Waals surface area (Å²) in [6.45, 7) is 0. The molecule has 0 aromatic heterocycles. The van der Waals surface area contributed by atoms with E-state index in [-0.39, 0.29) is 11.5 Å². The molecule has 0 saturated heterocycles. The summed E-state index contributed by atoms with van der Waals surface area (Å²) in [6.07, 6.45) is 4.33. The van der Waals surface area contributed by atoms with Crippen LogP contribution in [0.5, 0.6) is 23.0 Å². The van der Waals surface area contributed by atoms with E-state index >= 15 is 0 Å². The number of unbranched alkanes of at least 4 members (excludes halogenated alkanes) is 1. The summed E-state index contributed by atoms with van der Waals surface area (Å²) in [4.78, 5) is 21.4. The van der Waals surface area contributed by atoms with Crippen LogP contribution in [-0.4, -0.2) is 39.0 Å². The number of carbonyl (C=O) groups excluding carboxylic acids is 2. The summed E-state index contributed by atoms with van der Waals surface area (Å²) in [5.41, 5.74) is 3.13. The van der Waals surface area contributed by atoms with Crippen LogP contribution in [0.3, 0.4) is 0 Å². The van der Waals surface area contributed by atoms with Gasteiger partial charge in [-0.25, -0.2) is 0 Å². The Hall–Kier alpha value is -3.02. The number of phenols is 1. The van der Waals surface area contributed by atoms with Gasteiger partial charge in [-0.1, -0.05) is 6.07 Å². The van der Waals surface area contributed by atoms with E-state index in [0.29, 0.717) is 54.7 Å². The van der Waals surface area contributed by atoms with E-state index in [1.807, 2.05) is 24.3 Å². The van der Waals surface area contributed by atoms with Gasteiger partial charge in [-0.15, -0.1) is 0 Å². The Morgan fingerprint density at radius 2 is 1.57 bits per heavy atom. The fourth-order valence-corrected chi connectivity index (χ4v) is 3.19. The SMILES string of the molecule is COc1ccc(CCC=O)cc1-c1cc(CCCC=O)c(O)c(OC)c1OC. The molecule has 0 amide bonds. The van der Waals surface area contributed by atoms with Crippen LogP contribution in [0.15, 0.2) is 24.3 Å². The minimum absolute atomic E-state index is 0.00470. The van der Waals surface area contributed by atoms with Crippen LogP contribution >= 0.6 is 0 Å². The molecule has 0 unspecified atom stereocenters. The molecule has 0 aliphatic carbocycles. The van der Waals surface area contributed by atoms with Gasteiger partial charge in [-0.2, -0.15) is 0 Å². The van der Waals surface area contributed by atoms with Gasteiger partial charge in [0.25, 0.3) is 0 Å². The molecule has 1 N–H and O–H groups in total. The highest BCUT2D eigenvalue weighted by molar-refractivity contribution is 5.82. The molecule has 0 atom stereocenters. The van der Waals surface area contributed by atoms with E-state index in [2.05, 4.69) is 0 Å². The summed E-state index contributed by atoms with van der Waals surface area (Å²) in [7, 11) is 4.56. The third kappa shape index (κ3) is 4.63. The Morgan fingerprint density at radius 1 is 0.857 bits per heavy atom. The van der Waals surface area contributed by atoms with E-state index in [4.69, 9.17) is 14.2 Å². The molecule has 6 nitrogen and oxygen atoms in total. The summed E-state index contributed by atoms with van der Waals surface area (Å²) in [5.74, 6) is 1.27. The topological polar surface area (TPSA) is 82.1 Å². The molecule has 2 aromatic carbocycles. The second-order valence-corrected chi connectivity index (χ2v) is 6.30. The highest BCUT2D eigenvalue weighted by atomic mass is 16.5. The van der Waals surface area contributed by atoms with Gasteiger partial charge < -0.3 is 28.9 Å². The van der Waals surface area contributed by atoms with Gasteiger partial charge in [0.1, 0.15) is 18.3 Å². The first kappa shape index (κ1) is 21.3. The first-order valence-electron chi connectivity index (χ1n) is 9.12. The minimum atomic E-state index is 0.00470. The van der Waals surface area contributed by atoms with Gasteiger partial charge in [0.15, 0.2) is 11.5 Å². The number of hydrogen-bond donors (Lipinski definition) is 1. The fraction of sp³-hybridized carbons (Fsp3) is 0.364. The molecule has 0 spiro atoms. The highest BCUT2D eigenvalue weighted by Gasteiger charge is 2.22. The van der Waals surface area contributed by atoms with E-state index < -0.39 is 0 Å². The zero-order chi connectivity index (χ0) is 20.5. The Morgan fingerprint density at radius 3 is 2.18 bits per heavy atom. The molecule has 0 bridgehead atoms. The molecule has 28 heavy (non-hydrogen) atoms. The van der Waals surface area contributed by atoms with E-state index in [0.717, 1.165) is 23.7 Å². The van der Waals surface area contributed by atoms with Crippen molar-refractivity contribution in [2.75, 3.05) is 21.3 Å². The van der Waals surface area contributed by atoms with Crippen LogP contribution in [0.2, 0.25) is 0 Å². The molecular formula is C22H26O6. The standard InChI is InChI=1S/C22H26O6/c1-26-19-10-9-15(7-6-12-24)13-17(19)18-14-16(8-4-5-11-23)20(25)22(28-3)21(18)27-2/h9-14,25H,4-8H2,1-3H3. The maximum absolute atomic E-state index is 10.7. The highest BCUT2D eigenvalue weighted by Crippen LogP contribution is 2.48. The molecule has 0 aliphatic heterocycles. The van der Waals surface area contributed by atoms with Gasteiger partial charge in [-0.3, -0.25) is 0 Å². The smallest absolute Gasteiger partial charge is 0.203 e. The lowest BCUT2D eigenvalue weighted by Gasteiger charge is -2.19. The third-order valence-electron chi connectivity index (χ3n) is 4.57. The molecule has 2 rings (SSSR count). The van der Waals surface area contributed by atoms with Crippen LogP contribution in [0.4, 0.5) is 0 Å². The summed E-state index contributed by atoms with van der Waals surface area (Å²) in [5, 5.41) is 10.6. The van der Waals surface area contributed by atoms with Gasteiger partial charge >= 0.3 is 0 Å². The molecule has 0 aliphatic rings. The predicted octanol–water partition coefficient (Wildman–Crippen LogP) is 3.74. The first-order chi connectivity index (χ1) is 13.6. The number of methoxy groups -OCH3 is 3. The second-order valence-electron chi connectivity index (χ2n) is 6.30. The van der Waals surface area contributed by atoms with Crippen LogP contribution in [0, 0.1) is 0 Å². The summed E-state index contributed by atoms with van der Waals surface area (Å²) >= 11 is 0. The maximum atomic E-state index is 10.7. The maximum Gasteiger partial charge on any atom is 0.203 e. The lowest BCUT2D eigenvalue weighted by atomic mass is 9.95. The van der Waals surface area contributed by atoms with Crippen molar-refractivity contribution in [3.8, 4) is 34.1 Å². The van der Waals surface area contributed by atoms with Crippen LogP contribution < -0.4 is 14.2 Å². The van der Waals surface area contributed by atoms with Crippen molar-refractivity contribution in [3.63, 3.8) is 0 Å². The number of aryl methyl sites for hydroxylation is 2. The van der Waals surface area contributed by atoms with E-state index in [9.17, 15) is 14.7 Å². The number of carbonyl (C=O) groups is 2. The Balaban J connectivity index is 2.66. The quantitative estimate of drug-likeness (QED) is 0.468. The van der Waals surface area contributed by atoms with Gasteiger partial charge in [0.2, 0.25) is 5.75 Å². The molecule has 0 radical (unpaired) electrons. The normalized spacial score (nSPS) is 10.4. The average molecular weight is 386 g/mol. The van der Waals surface area contributed by atoms with Crippen LogP contribution in [-0.2, 0) is 22.4 Å². The Bertz CT molecular complexity index is 828. The number of aromatic hydroxyl groups is 1. The monoisotopic (exact) mass is 386 g/mol. The summed E-state index contributed by atoms with van der Waals surface area (Å²) < 4.78 is 16.5. The van der Waals surface area contributed by atoms with Crippen molar-refractivity contribution in [2.45, 2.75) is 32.1 Å². The minimum Gasteiger partial charge on any atom is -0.504 e. The van der Waals surface area contributed by atoms with Crippen molar-refractivity contribution in [2.24, 2.45) is 0 Å². The Labute approximate surface area is 165 Å². The van der Waals surface area contributed by atoms with Crippen molar-refractivity contribution >= 4 is 12.6 Å². The molecule has 0 heterocycles. The van der Waals surface area contributed by atoms with Crippen LogP contribution in [0.1, 0.15) is 30.4 Å². The Kier molecular flexibility index (Phi) is 7.87. The predicted molar refractivity (Wildman–Crippen MR) is 107 cm³/mol. The van der Waals surface area contributed by atoms with E-state index in [1.165, 1.54) is 14.2 Å². The van der Waals surface area contributed by atoms with Gasteiger partial charge in [-0.05, 0) is 48.6 Å². The fourth-order valence-electron chi connectivity index (χ4n) is 3.19. The van der Waals surface area contributed by atoms with Crippen molar-refractivity contribution in [1.82, 2.24) is 0 Å². The van der Waals surface area contributed by atoms with E-state index in [1.54, 1.807) is 7.11 Å². The van der Waals surface area contributed by atoms with Crippen molar-refractivity contribution in [3.05, 3.63) is 35.4 Å². The molecule has 150 valence electrons.